The third kappa shape index (κ3) is 4.68. The van der Waals surface area contributed by atoms with Crippen LogP contribution in [0.1, 0.15) is 0 Å². The van der Waals surface area contributed by atoms with Crippen LogP contribution in [0.25, 0.3) is 0 Å². The third-order valence-electron chi connectivity index (χ3n) is 1.74. The Balaban J connectivity index is 2.91. The number of nitrogens with zero attached hydrogens (tertiary/aromatic N) is 1. The molecular formula is C9H13N3O4S. The smallest absolute Gasteiger partial charge is 0.229 e. The summed E-state index contributed by atoms with van der Waals surface area (Å²) in [5.41, 5.74) is 6.18. The number of nitroso groups, excluding NO2 is 1. The Morgan fingerprint density at radius 2 is 2.18 bits per heavy atom. The Morgan fingerprint density at radius 1 is 1.47 bits per heavy atom. The van der Waals surface area contributed by atoms with Crippen molar-refractivity contribution in [2.45, 2.75) is 0 Å². The molecule has 0 radical (unpaired) electrons. The molecule has 0 amide bonds. The second-order valence-electron chi connectivity index (χ2n) is 3.33. The first-order chi connectivity index (χ1) is 7.92. The molecule has 0 atom stereocenters. The van der Waals surface area contributed by atoms with Gasteiger partial charge in [0.25, 0.3) is 0 Å². The quantitative estimate of drug-likeness (QED) is 0.445. The highest BCUT2D eigenvalue weighted by Crippen LogP contribution is 2.27. The van der Waals surface area contributed by atoms with Crippen LogP contribution in [0.5, 0.6) is 5.75 Å². The molecule has 17 heavy (non-hydrogen) atoms. The lowest BCUT2D eigenvalue weighted by Crippen LogP contribution is -2.12. The minimum absolute atomic E-state index is 0.0112. The van der Waals surface area contributed by atoms with Crippen LogP contribution in [0.3, 0.4) is 0 Å². The number of anilines is 2. The Bertz CT molecular complexity index is 501. The van der Waals surface area contributed by atoms with Crippen molar-refractivity contribution in [3.63, 3.8) is 0 Å². The highest BCUT2D eigenvalue weighted by atomic mass is 32.2. The molecule has 8 heteroatoms. The van der Waals surface area contributed by atoms with E-state index in [1.807, 2.05) is 0 Å². The second-order valence-corrected chi connectivity index (χ2v) is 5.08. The molecule has 1 rings (SSSR count). The van der Waals surface area contributed by atoms with E-state index in [9.17, 15) is 13.3 Å². The number of benzene rings is 1. The largest absolute Gasteiger partial charge is 0.489 e. The molecule has 0 saturated heterocycles. The molecule has 0 aliphatic rings. The zero-order valence-corrected chi connectivity index (χ0v) is 10.0. The van der Waals surface area contributed by atoms with Crippen molar-refractivity contribution >= 4 is 21.4 Å². The van der Waals surface area contributed by atoms with Gasteiger partial charge in [-0.25, -0.2) is 8.42 Å². The van der Waals surface area contributed by atoms with Crippen LogP contribution in [-0.2, 0) is 10.0 Å². The minimum Gasteiger partial charge on any atom is -0.489 e. The fourth-order valence-electron chi connectivity index (χ4n) is 1.15. The van der Waals surface area contributed by atoms with Gasteiger partial charge in [0.05, 0.1) is 11.9 Å². The average Bonchev–Trinajstić information content (AvgIpc) is 2.19. The maximum atomic E-state index is 11.1. The van der Waals surface area contributed by atoms with E-state index in [-0.39, 0.29) is 18.8 Å². The summed E-state index contributed by atoms with van der Waals surface area (Å²) in [5, 5.41) is 2.63. The summed E-state index contributed by atoms with van der Waals surface area (Å²) in [5.74, 6) is 0.299. The molecule has 1 aromatic rings. The fourth-order valence-corrected chi connectivity index (χ4v) is 1.70. The predicted molar refractivity (Wildman–Crippen MR) is 65.5 cm³/mol. The molecule has 0 unspecified atom stereocenters. The molecule has 0 bridgehead atoms. The van der Waals surface area contributed by atoms with Crippen molar-refractivity contribution in [1.29, 1.82) is 0 Å². The number of hydrogen-bond donors (Lipinski definition) is 2. The molecule has 0 aliphatic carbocycles. The second kappa shape index (κ2) is 5.48. The number of sulfonamides is 1. The maximum Gasteiger partial charge on any atom is 0.229 e. The number of nitrogens with two attached hydrogens (primary N) is 1. The monoisotopic (exact) mass is 259 g/mol. The van der Waals surface area contributed by atoms with Gasteiger partial charge in [0.1, 0.15) is 18.9 Å². The molecule has 1 aromatic carbocycles. The van der Waals surface area contributed by atoms with Gasteiger partial charge < -0.3 is 10.5 Å². The van der Waals surface area contributed by atoms with Crippen LogP contribution >= 0.6 is 0 Å². The summed E-state index contributed by atoms with van der Waals surface area (Å²) >= 11 is 0. The lowest BCUT2D eigenvalue weighted by Gasteiger charge is -2.11. The van der Waals surface area contributed by atoms with E-state index in [4.69, 9.17) is 10.5 Å². The first kappa shape index (κ1) is 13.2. The maximum absolute atomic E-state index is 11.1. The highest BCUT2D eigenvalue weighted by Gasteiger charge is 2.09. The van der Waals surface area contributed by atoms with Gasteiger partial charge in [-0.3, -0.25) is 4.72 Å². The van der Waals surface area contributed by atoms with Gasteiger partial charge in [-0.15, -0.1) is 0 Å². The van der Waals surface area contributed by atoms with Crippen molar-refractivity contribution < 1.29 is 13.2 Å². The summed E-state index contributed by atoms with van der Waals surface area (Å²) in [6, 6.07) is 4.52. The molecule has 0 heterocycles. The Hall–Kier alpha value is -1.83. The van der Waals surface area contributed by atoms with E-state index in [2.05, 4.69) is 9.90 Å². The van der Waals surface area contributed by atoms with Gasteiger partial charge in [-0.2, -0.15) is 4.91 Å². The molecule has 7 nitrogen and oxygen atoms in total. The minimum atomic E-state index is -3.42. The van der Waals surface area contributed by atoms with Crippen LogP contribution in [0.15, 0.2) is 23.4 Å². The summed E-state index contributed by atoms with van der Waals surface area (Å²) < 4.78 is 29.7. The van der Waals surface area contributed by atoms with Crippen LogP contribution < -0.4 is 15.2 Å². The van der Waals surface area contributed by atoms with Crippen LogP contribution in [-0.4, -0.2) is 27.8 Å². The standard InChI is InChI=1S/C9H13N3O4S/c1-17(14,15)12-8-6-7(10)2-3-9(8)16-5-4-11-13/h2-3,6,12H,4-5,10H2,1H3. The number of nitrogens with one attached hydrogen (secondary N) is 1. The zero-order chi connectivity index (χ0) is 12.9. The van der Waals surface area contributed by atoms with Crippen LogP contribution in [0.2, 0.25) is 0 Å². The summed E-state index contributed by atoms with van der Waals surface area (Å²) in [4.78, 5) is 9.90. The lowest BCUT2D eigenvalue weighted by atomic mass is 10.2. The van der Waals surface area contributed by atoms with E-state index in [1.165, 1.54) is 12.1 Å². The summed E-state index contributed by atoms with van der Waals surface area (Å²) in [6.07, 6.45) is 1.02. The molecule has 0 aliphatic heterocycles. The molecular weight excluding hydrogens is 246 g/mol. The first-order valence-electron chi connectivity index (χ1n) is 4.71. The Morgan fingerprint density at radius 3 is 2.76 bits per heavy atom. The van der Waals surface area contributed by atoms with Gasteiger partial charge in [-0.05, 0) is 18.2 Å². The normalized spacial score (nSPS) is 10.9. The third-order valence-corrected chi connectivity index (χ3v) is 2.33. The van der Waals surface area contributed by atoms with Crippen LogP contribution in [0, 0.1) is 4.91 Å². The molecule has 3 N–H and O–H groups in total. The fraction of sp³-hybridized carbons (Fsp3) is 0.333. The van der Waals surface area contributed by atoms with E-state index in [0.29, 0.717) is 11.4 Å². The Kier molecular flexibility index (Phi) is 4.27. The van der Waals surface area contributed by atoms with E-state index in [1.54, 1.807) is 6.07 Å². The van der Waals surface area contributed by atoms with E-state index >= 15 is 0 Å². The van der Waals surface area contributed by atoms with Crippen molar-refractivity contribution in [3.8, 4) is 5.75 Å². The number of ether oxygens (including phenoxy) is 1. The van der Waals surface area contributed by atoms with Crippen molar-refractivity contribution in [1.82, 2.24) is 0 Å². The summed E-state index contributed by atoms with van der Waals surface area (Å²) in [6.45, 7) is 0.0640. The number of nitrogen functional groups attached to an aromatic ring is 1. The van der Waals surface area contributed by atoms with Gasteiger partial charge >= 0.3 is 0 Å². The lowest BCUT2D eigenvalue weighted by molar-refractivity contribution is 0.330. The first-order valence-corrected chi connectivity index (χ1v) is 6.61. The van der Waals surface area contributed by atoms with E-state index in [0.717, 1.165) is 6.26 Å². The van der Waals surface area contributed by atoms with Gasteiger partial charge in [0.2, 0.25) is 10.0 Å². The number of hydrogen-bond acceptors (Lipinski definition) is 6. The predicted octanol–water partition coefficient (Wildman–Crippen LogP) is 0.785. The van der Waals surface area contributed by atoms with Gasteiger partial charge in [0, 0.05) is 5.69 Å². The molecule has 0 aromatic heterocycles. The molecule has 0 saturated carbocycles. The van der Waals surface area contributed by atoms with Crippen molar-refractivity contribution in [2.24, 2.45) is 5.18 Å². The molecule has 94 valence electrons. The molecule has 0 fully saturated rings. The summed E-state index contributed by atoms with van der Waals surface area (Å²) in [7, 11) is -3.42. The Labute approximate surface area is 99.0 Å². The van der Waals surface area contributed by atoms with Crippen LogP contribution in [0.4, 0.5) is 11.4 Å². The average molecular weight is 259 g/mol. The van der Waals surface area contributed by atoms with Gasteiger partial charge in [-0.1, -0.05) is 5.18 Å². The van der Waals surface area contributed by atoms with E-state index < -0.39 is 10.0 Å². The highest BCUT2D eigenvalue weighted by molar-refractivity contribution is 7.92. The molecule has 0 spiro atoms. The zero-order valence-electron chi connectivity index (χ0n) is 9.21. The van der Waals surface area contributed by atoms with Gasteiger partial charge in [0.15, 0.2) is 0 Å². The SMILES string of the molecule is CS(=O)(=O)Nc1cc(N)ccc1OCCN=O. The number of rotatable bonds is 6. The van der Waals surface area contributed by atoms with Crippen molar-refractivity contribution in [3.05, 3.63) is 23.1 Å². The topological polar surface area (TPSA) is 111 Å². The van der Waals surface area contributed by atoms with Crippen molar-refractivity contribution in [2.75, 3.05) is 29.9 Å².